The molecule has 1 aliphatic rings. The summed E-state index contributed by atoms with van der Waals surface area (Å²) >= 11 is 0. The predicted octanol–water partition coefficient (Wildman–Crippen LogP) is 6.14. The van der Waals surface area contributed by atoms with Gasteiger partial charge in [0.05, 0.1) is 4.92 Å². The summed E-state index contributed by atoms with van der Waals surface area (Å²) in [6, 6.07) is 18.7. The summed E-state index contributed by atoms with van der Waals surface area (Å²) in [5, 5.41) is 18.2. The number of nitro groups is 1. The molecule has 1 aliphatic heterocycles. The number of nitrogens with one attached hydrogen (secondary N) is 2. The number of hydrogen-bond acceptors (Lipinski definition) is 6. The molecule has 2 amide bonds. The molecule has 188 valence electrons. The molecule has 3 aromatic carbocycles. The van der Waals surface area contributed by atoms with E-state index in [0.717, 1.165) is 43.3 Å². The van der Waals surface area contributed by atoms with Gasteiger partial charge in [0.2, 0.25) is 0 Å². The molecule has 0 aliphatic carbocycles. The Morgan fingerprint density at radius 1 is 0.919 bits per heavy atom. The summed E-state index contributed by atoms with van der Waals surface area (Å²) in [5.41, 5.74) is 3.11. The van der Waals surface area contributed by atoms with E-state index in [9.17, 15) is 19.7 Å². The van der Waals surface area contributed by atoms with Gasteiger partial charge in [0.1, 0.15) is 11.3 Å². The van der Waals surface area contributed by atoms with Crippen LogP contribution >= 0.6 is 0 Å². The maximum absolute atomic E-state index is 12.9. The van der Waals surface area contributed by atoms with Gasteiger partial charge in [0, 0.05) is 41.5 Å². The van der Waals surface area contributed by atoms with E-state index < -0.39 is 10.8 Å². The van der Waals surface area contributed by atoms with E-state index in [1.807, 2.05) is 30.0 Å². The van der Waals surface area contributed by atoms with Crippen LogP contribution in [0.1, 0.15) is 45.7 Å². The SMILES string of the molecule is Cc1cc(NC(=O)c2ccc(N3CCCCC3)c([N+](=O)[O-])c2)ccc1NC(=O)c1cc2ccccc2o1. The van der Waals surface area contributed by atoms with Crippen molar-refractivity contribution < 1.29 is 18.9 Å². The number of amides is 2. The molecule has 9 heteroatoms. The molecule has 0 atom stereocenters. The van der Waals surface area contributed by atoms with E-state index in [4.69, 9.17) is 4.42 Å². The van der Waals surface area contributed by atoms with E-state index in [1.165, 1.54) is 6.07 Å². The molecule has 2 N–H and O–H groups in total. The Hall–Kier alpha value is -4.66. The smallest absolute Gasteiger partial charge is 0.293 e. The summed E-state index contributed by atoms with van der Waals surface area (Å²) < 4.78 is 5.62. The lowest BCUT2D eigenvalue weighted by Crippen LogP contribution is -2.30. The molecule has 0 saturated carbocycles. The lowest BCUT2D eigenvalue weighted by atomic mass is 10.1. The van der Waals surface area contributed by atoms with Gasteiger partial charge >= 0.3 is 0 Å². The average molecular weight is 499 g/mol. The number of benzene rings is 3. The molecule has 1 aromatic heterocycles. The van der Waals surface area contributed by atoms with Crippen LogP contribution in [-0.4, -0.2) is 29.8 Å². The number of nitro benzene ring substituents is 1. The van der Waals surface area contributed by atoms with Gasteiger partial charge in [0.25, 0.3) is 17.5 Å². The Bertz CT molecular complexity index is 1470. The van der Waals surface area contributed by atoms with Gasteiger partial charge in [-0.1, -0.05) is 18.2 Å². The highest BCUT2D eigenvalue weighted by molar-refractivity contribution is 6.06. The first-order chi connectivity index (χ1) is 17.9. The number of rotatable bonds is 6. The van der Waals surface area contributed by atoms with E-state index in [2.05, 4.69) is 10.6 Å². The van der Waals surface area contributed by atoms with E-state index in [0.29, 0.717) is 22.6 Å². The monoisotopic (exact) mass is 498 g/mol. The van der Waals surface area contributed by atoms with Crippen molar-refractivity contribution in [3.8, 4) is 0 Å². The van der Waals surface area contributed by atoms with Crippen LogP contribution in [0.15, 0.2) is 71.1 Å². The number of furan rings is 1. The van der Waals surface area contributed by atoms with Gasteiger partial charge in [-0.05, 0) is 74.2 Å². The zero-order valence-corrected chi connectivity index (χ0v) is 20.3. The summed E-state index contributed by atoms with van der Waals surface area (Å²) in [5.74, 6) is -0.628. The van der Waals surface area contributed by atoms with Gasteiger partial charge in [-0.15, -0.1) is 0 Å². The summed E-state index contributed by atoms with van der Waals surface area (Å²) in [6.07, 6.45) is 3.10. The molecule has 5 rings (SSSR count). The topological polar surface area (TPSA) is 118 Å². The van der Waals surface area contributed by atoms with Crippen LogP contribution < -0.4 is 15.5 Å². The van der Waals surface area contributed by atoms with Crippen LogP contribution in [0.25, 0.3) is 11.0 Å². The van der Waals surface area contributed by atoms with Crippen molar-refractivity contribution >= 4 is 45.5 Å². The normalized spacial score (nSPS) is 13.4. The third-order valence-corrected chi connectivity index (χ3v) is 6.51. The van der Waals surface area contributed by atoms with Gasteiger partial charge < -0.3 is 20.0 Å². The van der Waals surface area contributed by atoms with Crippen molar-refractivity contribution in [1.29, 1.82) is 0 Å². The predicted molar refractivity (Wildman–Crippen MR) is 142 cm³/mol. The first kappa shape index (κ1) is 24.1. The molecule has 0 radical (unpaired) electrons. The Balaban J connectivity index is 1.29. The summed E-state index contributed by atoms with van der Waals surface area (Å²) in [6.45, 7) is 3.35. The first-order valence-corrected chi connectivity index (χ1v) is 12.1. The maximum Gasteiger partial charge on any atom is 0.293 e. The van der Waals surface area contributed by atoms with Crippen molar-refractivity contribution in [3.63, 3.8) is 0 Å². The second-order valence-electron chi connectivity index (χ2n) is 9.09. The minimum atomic E-state index is -0.452. The Labute approximate surface area is 213 Å². The quantitative estimate of drug-likeness (QED) is 0.243. The minimum absolute atomic E-state index is 0.0746. The minimum Gasteiger partial charge on any atom is -0.451 e. The van der Waals surface area contributed by atoms with Crippen molar-refractivity contribution in [2.45, 2.75) is 26.2 Å². The average Bonchev–Trinajstić information content (AvgIpc) is 3.35. The maximum atomic E-state index is 12.9. The third-order valence-electron chi connectivity index (χ3n) is 6.51. The van der Waals surface area contributed by atoms with Crippen molar-refractivity contribution in [2.24, 2.45) is 0 Å². The molecule has 9 nitrogen and oxygen atoms in total. The Morgan fingerprint density at radius 3 is 2.43 bits per heavy atom. The van der Waals surface area contributed by atoms with Crippen molar-refractivity contribution in [3.05, 3.63) is 93.7 Å². The number of anilines is 3. The largest absolute Gasteiger partial charge is 0.451 e. The first-order valence-electron chi connectivity index (χ1n) is 12.1. The highest BCUT2D eigenvalue weighted by Crippen LogP contribution is 2.32. The van der Waals surface area contributed by atoms with Gasteiger partial charge in [-0.2, -0.15) is 0 Å². The number of piperidine rings is 1. The van der Waals surface area contributed by atoms with E-state index >= 15 is 0 Å². The van der Waals surface area contributed by atoms with Crippen LogP contribution in [0.2, 0.25) is 0 Å². The molecule has 1 fully saturated rings. The number of nitrogens with zero attached hydrogens (tertiary/aromatic N) is 2. The number of carbonyl (C=O) groups excluding carboxylic acids is 2. The third kappa shape index (κ3) is 5.16. The number of carbonyl (C=O) groups is 2. The summed E-state index contributed by atoms with van der Waals surface area (Å²) in [4.78, 5) is 38.9. The highest BCUT2D eigenvalue weighted by atomic mass is 16.6. The summed E-state index contributed by atoms with van der Waals surface area (Å²) in [7, 11) is 0. The zero-order valence-electron chi connectivity index (χ0n) is 20.3. The molecule has 2 heterocycles. The van der Waals surface area contributed by atoms with E-state index in [1.54, 1.807) is 42.5 Å². The van der Waals surface area contributed by atoms with Crippen molar-refractivity contribution in [2.75, 3.05) is 28.6 Å². The van der Waals surface area contributed by atoms with Crippen LogP contribution in [-0.2, 0) is 0 Å². The molecule has 37 heavy (non-hydrogen) atoms. The Morgan fingerprint density at radius 2 is 1.70 bits per heavy atom. The zero-order chi connectivity index (χ0) is 25.9. The Kier molecular flexibility index (Phi) is 6.59. The molecule has 4 aromatic rings. The number of para-hydroxylation sites is 1. The lowest BCUT2D eigenvalue weighted by molar-refractivity contribution is -0.384. The van der Waals surface area contributed by atoms with Crippen LogP contribution in [0.5, 0.6) is 0 Å². The molecule has 0 spiro atoms. The van der Waals surface area contributed by atoms with Gasteiger partial charge in [-0.3, -0.25) is 19.7 Å². The fraction of sp³-hybridized carbons (Fsp3) is 0.214. The fourth-order valence-corrected chi connectivity index (χ4v) is 4.58. The molecular formula is C28H26N4O5. The standard InChI is InChI=1S/C28H26N4O5/c1-18-15-21(10-11-22(18)30-28(34)26-17-19-7-3-4-8-25(19)37-26)29-27(33)20-9-12-23(24(16-20)32(35)36)31-13-5-2-6-14-31/h3-4,7-12,15-17H,2,5-6,13-14H2,1H3,(H,29,33)(H,30,34). The number of hydrogen-bond donors (Lipinski definition) is 2. The molecule has 1 saturated heterocycles. The lowest BCUT2D eigenvalue weighted by Gasteiger charge is -2.28. The van der Waals surface area contributed by atoms with Gasteiger partial charge in [-0.25, -0.2) is 0 Å². The number of aryl methyl sites for hydroxylation is 1. The molecule has 0 unspecified atom stereocenters. The van der Waals surface area contributed by atoms with E-state index in [-0.39, 0.29) is 22.9 Å². The number of fused-ring (bicyclic) bond motifs is 1. The van der Waals surface area contributed by atoms with Gasteiger partial charge in [0.15, 0.2) is 5.76 Å². The molecular weight excluding hydrogens is 472 g/mol. The highest BCUT2D eigenvalue weighted by Gasteiger charge is 2.23. The second kappa shape index (κ2) is 10.1. The van der Waals surface area contributed by atoms with Crippen LogP contribution in [0, 0.1) is 17.0 Å². The second-order valence-corrected chi connectivity index (χ2v) is 9.09. The van der Waals surface area contributed by atoms with Crippen LogP contribution in [0.3, 0.4) is 0 Å². The van der Waals surface area contributed by atoms with Crippen molar-refractivity contribution in [1.82, 2.24) is 0 Å². The fourth-order valence-electron chi connectivity index (χ4n) is 4.58. The van der Waals surface area contributed by atoms with Crippen LogP contribution in [0.4, 0.5) is 22.7 Å². The molecule has 0 bridgehead atoms.